The van der Waals surface area contributed by atoms with Gasteiger partial charge in [-0.25, -0.2) is 0 Å². The summed E-state index contributed by atoms with van der Waals surface area (Å²) in [6.45, 7) is 15.6. The van der Waals surface area contributed by atoms with E-state index in [0.29, 0.717) is 6.71 Å². The highest BCUT2D eigenvalue weighted by Gasteiger charge is 2.22. The van der Waals surface area contributed by atoms with Gasteiger partial charge in [0.25, 0.3) is 0 Å². The summed E-state index contributed by atoms with van der Waals surface area (Å²) in [6, 6.07) is 0. The Morgan fingerprint density at radius 2 is 1.71 bits per heavy atom. The molecular formula is C16H27B. The first kappa shape index (κ1) is 16.1. The summed E-state index contributed by atoms with van der Waals surface area (Å²) in [4.78, 5) is 0. The van der Waals surface area contributed by atoms with E-state index in [2.05, 4.69) is 40.1 Å². The lowest BCUT2D eigenvalue weighted by molar-refractivity contribution is 0.643. The Kier molecular flexibility index (Phi) is 7.80. The van der Waals surface area contributed by atoms with Crippen LogP contribution in [0.3, 0.4) is 0 Å². The fraction of sp³-hybridized carbons (Fsp3) is 0.625. The molecule has 0 aromatic heterocycles. The maximum absolute atomic E-state index is 5.59. The summed E-state index contributed by atoms with van der Waals surface area (Å²) in [5, 5.41) is 0. The molecule has 17 heavy (non-hydrogen) atoms. The molecule has 0 N–H and O–H groups in total. The number of hydrogen-bond acceptors (Lipinski definition) is 0. The van der Waals surface area contributed by atoms with Gasteiger partial charge in [0, 0.05) is 5.57 Å². The van der Waals surface area contributed by atoms with Gasteiger partial charge in [-0.1, -0.05) is 77.1 Å². The topological polar surface area (TPSA) is 0 Å². The van der Waals surface area contributed by atoms with Crippen LogP contribution in [0.15, 0.2) is 23.2 Å². The van der Waals surface area contributed by atoms with E-state index >= 15 is 0 Å². The van der Waals surface area contributed by atoms with E-state index in [1.807, 2.05) is 6.92 Å². The third-order valence-electron chi connectivity index (χ3n) is 3.67. The van der Waals surface area contributed by atoms with E-state index in [-0.39, 0.29) is 0 Å². The van der Waals surface area contributed by atoms with Crippen molar-refractivity contribution in [3.05, 3.63) is 23.2 Å². The third kappa shape index (κ3) is 4.86. The molecule has 0 heterocycles. The number of allylic oxidation sites excluding steroid dienone is 3. The predicted molar refractivity (Wildman–Crippen MR) is 81.5 cm³/mol. The Bertz CT molecular complexity index is 311. The van der Waals surface area contributed by atoms with Gasteiger partial charge >= 0.3 is 0 Å². The Balaban J connectivity index is 5.04. The molecule has 0 aromatic carbocycles. The molecule has 0 aliphatic carbocycles. The SMILES string of the molecule is C#C/C(C(=C)C)=C(/C)B(C)C(CCC)CCC. The first-order valence-electron chi connectivity index (χ1n) is 6.82. The molecule has 0 aromatic rings. The van der Waals surface area contributed by atoms with Crippen LogP contribution >= 0.6 is 0 Å². The van der Waals surface area contributed by atoms with Crippen molar-refractivity contribution in [1.82, 2.24) is 0 Å². The van der Waals surface area contributed by atoms with Gasteiger partial charge in [-0.05, 0) is 12.5 Å². The van der Waals surface area contributed by atoms with Crippen LogP contribution in [0.25, 0.3) is 0 Å². The molecule has 0 nitrogen and oxygen atoms in total. The van der Waals surface area contributed by atoms with Crippen molar-refractivity contribution >= 4 is 6.71 Å². The summed E-state index contributed by atoms with van der Waals surface area (Å²) in [5.41, 5.74) is 3.38. The van der Waals surface area contributed by atoms with Crippen LogP contribution in [0, 0.1) is 12.3 Å². The molecule has 0 spiro atoms. The Morgan fingerprint density at radius 3 is 2.00 bits per heavy atom. The average molecular weight is 230 g/mol. The molecule has 1 heteroatoms. The minimum absolute atomic E-state index is 0.567. The van der Waals surface area contributed by atoms with Gasteiger partial charge in [0.2, 0.25) is 0 Å². The minimum Gasteiger partial charge on any atom is -0.115 e. The highest BCUT2D eigenvalue weighted by Crippen LogP contribution is 2.29. The Labute approximate surface area is 109 Å². The highest BCUT2D eigenvalue weighted by molar-refractivity contribution is 6.67. The van der Waals surface area contributed by atoms with Crippen LogP contribution in [-0.2, 0) is 0 Å². The second-order valence-electron chi connectivity index (χ2n) is 5.11. The van der Waals surface area contributed by atoms with Crippen LogP contribution in [0.1, 0.15) is 53.4 Å². The summed E-state index contributed by atoms with van der Waals surface area (Å²) >= 11 is 0. The lowest BCUT2D eigenvalue weighted by atomic mass is 9.36. The first-order chi connectivity index (χ1) is 7.99. The first-order valence-corrected chi connectivity index (χ1v) is 6.82. The predicted octanol–water partition coefficient (Wildman–Crippen LogP) is 5.15. The summed E-state index contributed by atoms with van der Waals surface area (Å²) in [7, 11) is 0. The molecule has 0 aliphatic heterocycles. The summed E-state index contributed by atoms with van der Waals surface area (Å²) in [5.74, 6) is 3.56. The van der Waals surface area contributed by atoms with Gasteiger partial charge in [0.15, 0.2) is 6.71 Å². The van der Waals surface area contributed by atoms with E-state index in [9.17, 15) is 0 Å². The van der Waals surface area contributed by atoms with Gasteiger partial charge < -0.3 is 0 Å². The number of terminal acetylenes is 1. The highest BCUT2D eigenvalue weighted by atomic mass is 14.1. The number of hydrogen-bond donors (Lipinski definition) is 0. The van der Waals surface area contributed by atoms with Gasteiger partial charge in [0.05, 0.1) is 0 Å². The lowest BCUT2D eigenvalue weighted by Crippen LogP contribution is -2.20. The molecule has 0 saturated carbocycles. The molecule has 0 fully saturated rings. The molecule has 94 valence electrons. The molecular weight excluding hydrogens is 203 g/mol. The monoisotopic (exact) mass is 230 g/mol. The van der Waals surface area contributed by atoms with E-state index in [1.165, 1.54) is 31.2 Å². The van der Waals surface area contributed by atoms with Crippen molar-refractivity contribution in [2.24, 2.45) is 0 Å². The second kappa shape index (κ2) is 8.23. The molecule has 0 bridgehead atoms. The summed E-state index contributed by atoms with van der Waals surface area (Å²) in [6.07, 6.45) is 10.7. The van der Waals surface area contributed by atoms with Crippen molar-refractivity contribution in [1.29, 1.82) is 0 Å². The van der Waals surface area contributed by atoms with Crippen LogP contribution < -0.4 is 0 Å². The zero-order chi connectivity index (χ0) is 13.4. The van der Waals surface area contributed by atoms with Crippen molar-refractivity contribution in [3.63, 3.8) is 0 Å². The molecule has 0 amide bonds. The van der Waals surface area contributed by atoms with Crippen LogP contribution in [0.2, 0.25) is 12.6 Å². The van der Waals surface area contributed by atoms with Gasteiger partial charge in [0.1, 0.15) is 0 Å². The maximum Gasteiger partial charge on any atom is 0.171 e. The summed E-state index contributed by atoms with van der Waals surface area (Å²) < 4.78 is 0. The molecule has 0 saturated heterocycles. The van der Waals surface area contributed by atoms with E-state index < -0.39 is 0 Å². The van der Waals surface area contributed by atoms with Crippen molar-refractivity contribution in [2.45, 2.75) is 66.0 Å². The standard InChI is InChI=1S/C16H27B/c1-8-11-15(12-9-2)17(7)14(6)16(10-3)13(4)5/h3,15H,4,8-9,11-12H2,1-2,5-7H3/b16-14+. The molecule has 0 radical (unpaired) electrons. The zero-order valence-electron chi connectivity index (χ0n) is 12.3. The Morgan fingerprint density at radius 1 is 1.24 bits per heavy atom. The molecule has 0 unspecified atom stereocenters. The minimum atomic E-state index is 0.567. The fourth-order valence-corrected chi connectivity index (χ4v) is 2.54. The third-order valence-corrected chi connectivity index (χ3v) is 3.67. The number of rotatable bonds is 7. The van der Waals surface area contributed by atoms with E-state index in [4.69, 9.17) is 6.42 Å². The Hall–Kier alpha value is -0.895. The van der Waals surface area contributed by atoms with Crippen molar-refractivity contribution in [2.75, 3.05) is 0 Å². The lowest BCUT2D eigenvalue weighted by Gasteiger charge is -2.22. The second-order valence-corrected chi connectivity index (χ2v) is 5.11. The normalized spacial score (nSPS) is 12.1. The van der Waals surface area contributed by atoms with Crippen LogP contribution in [0.4, 0.5) is 0 Å². The zero-order valence-corrected chi connectivity index (χ0v) is 12.3. The van der Waals surface area contributed by atoms with Crippen LogP contribution in [-0.4, -0.2) is 6.71 Å². The van der Waals surface area contributed by atoms with E-state index in [0.717, 1.165) is 17.0 Å². The molecule has 0 rings (SSSR count). The van der Waals surface area contributed by atoms with Gasteiger partial charge in [-0.2, -0.15) is 0 Å². The van der Waals surface area contributed by atoms with Crippen molar-refractivity contribution in [3.8, 4) is 12.3 Å². The fourth-order valence-electron chi connectivity index (χ4n) is 2.54. The van der Waals surface area contributed by atoms with Gasteiger partial charge in [-0.15, -0.1) is 6.42 Å². The smallest absolute Gasteiger partial charge is 0.115 e. The van der Waals surface area contributed by atoms with Gasteiger partial charge in [-0.3, -0.25) is 0 Å². The quantitative estimate of drug-likeness (QED) is 0.322. The average Bonchev–Trinajstić information content (AvgIpc) is 2.28. The largest absolute Gasteiger partial charge is 0.171 e. The molecule has 0 aliphatic rings. The van der Waals surface area contributed by atoms with Crippen molar-refractivity contribution < 1.29 is 0 Å². The molecule has 0 atom stereocenters. The van der Waals surface area contributed by atoms with Crippen LogP contribution in [0.5, 0.6) is 0 Å². The maximum atomic E-state index is 5.59. The van der Waals surface area contributed by atoms with E-state index in [1.54, 1.807) is 0 Å².